The van der Waals surface area contributed by atoms with E-state index < -0.39 is 0 Å². The Labute approximate surface area is 117 Å². The van der Waals surface area contributed by atoms with Crippen LogP contribution in [0.25, 0.3) is 0 Å². The first-order valence-electron chi connectivity index (χ1n) is 6.05. The summed E-state index contributed by atoms with van der Waals surface area (Å²) in [5.74, 6) is 5.69. The Morgan fingerprint density at radius 3 is 2.72 bits per heavy atom. The minimum Gasteiger partial charge on any atom is -0.383 e. The topological polar surface area (TPSA) is 65.1 Å². The van der Waals surface area contributed by atoms with Gasteiger partial charge in [0.25, 0.3) is 0 Å². The molecule has 0 saturated carbocycles. The Bertz CT molecular complexity index is 373. The van der Waals surface area contributed by atoms with Crippen LogP contribution in [0.3, 0.4) is 0 Å². The number of halogens is 1. The van der Waals surface area contributed by atoms with Crippen molar-refractivity contribution < 1.29 is 4.74 Å². The maximum absolute atomic E-state index is 5.69. The first kappa shape index (κ1) is 15.6. The van der Waals surface area contributed by atoms with Gasteiger partial charge in [-0.3, -0.25) is 16.0 Å². The first-order valence-corrected chi connectivity index (χ1v) is 6.84. The van der Waals surface area contributed by atoms with Crippen LogP contribution in [0.2, 0.25) is 0 Å². The van der Waals surface area contributed by atoms with E-state index in [0.29, 0.717) is 6.61 Å². The van der Waals surface area contributed by atoms with Crippen LogP contribution in [0.1, 0.15) is 38.9 Å². The van der Waals surface area contributed by atoms with E-state index in [4.69, 9.17) is 10.6 Å². The lowest BCUT2D eigenvalue weighted by Crippen LogP contribution is -2.33. The largest absolute Gasteiger partial charge is 0.383 e. The number of hydrogen-bond donors (Lipinski definition) is 2. The zero-order chi connectivity index (χ0) is 13.8. The van der Waals surface area contributed by atoms with Crippen molar-refractivity contribution in [3.8, 4) is 0 Å². The first-order chi connectivity index (χ1) is 8.39. The molecular formula is C12H23BrN4O. The highest BCUT2D eigenvalue weighted by Gasteiger charge is 2.24. The highest BCUT2D eigenvalue weighted by Crippen LogP contribution is 2.32. The second-order valence-corrected chi connectivity index (χ2v) is 6.43. The third kappa shape index (κ3) is 4.35. The molecule has 1 heterocycles. The summed E-state index contributed by atoms with van der Waals surface area (Å²) in [6, 6.07) is 0.0683. The lowest BCUT2D eigenvalue weighted by atomic mass is 9.87. The molecule has 5 nitrogen and oxygen atoms in total. The maximum atomic E-state index is 5.69. The zero-order valence-electron chi connectivity index (χ0n) is 11.5. The molecule has 18 heavy (non-hydrogen) atoms. The summed E-state index contributed by atoms with van der Waals surface area (Å²) in [7, 11) is 1.69. The molecule has 0 saturated heterocycles. The molecule has 0 fully saturated rings. The van der Waals surface area contributed by atoms with E-state index in [9.17, 15) is 0 Å². The quantitative estimate of drug-likeness (QED) is 0.623. The molecule has 0 bridgehead atoms. The van der Waals surface area contributed by atoms with Gasteiger partial charge in [0.15, 0.2) is 0 Å². The number of nitrogens with zero attached hydrogens (tertiary/aromatic N) is 2. The average molecular weight is 319 g/mol. The molecule has 0 aromatic carbocycles. The normalized spacial score (nSPS) is 13.9. The summed E-state index contributed by atoms with van der Waals surface area (Å²) in [5, 5.41) is 4.35. The van der Waals surface area contributed by atoms with Gasteiger partial charge in [-0.25, -0.2) is 0 Å². The van der Waals surface area contributed by atoms with Crippen LogP contribution in [0, 0.1) is 5.41 Å². The lowest BCUT2D eigenvalue weighted by molar-refractivity contribution is 0.180. The molecule has 0 radical (unpaired) electrons. The van der Waals surface area contributed by atoms with Gasteiger partial charge in [-0.2, -0.15) is 5.10 Å². The fourth-order valence-electron chi connectivity index (χ4n) is 1.92. The van der Waals surface area contributed by atoms with Gasteiger partial charge < -0.3 is 4.74 Å². The van der Waals surface area contributed by atoms with Crippen LogP contribution in [0.5, 0.6) is 0 Å². The fourth-order valence-corrected chi connectivity index (χ4v) is 2.49. The Morgan fingerprint density at radius 1 is 1.56 bits per heavy atom. The predicted octanol–water partition coefficient (Wildman–Crippen LogP) is 2.23. The molecule has 0 spiro atoms. The Morgan fingerprint density at radius 2 is 2.22 bits per heavy atom. The molecular weight excluding hydrogens is 296 g/mol. The van der Waals surface area contributed by atoms with Crippen molar-refractivity contribution in [3.63, 3.8) is 0 Å². The van der Waals surface area contributed by atoms with Crippen molar-refractivity contribution in [2.24, 2.45) is 11.3 Å². The molecule has 0 amide bonds. The maximum Gasteiger partial charge on any atom is 0.0710 e. The molecule has 1 rings (SSSR count). The summed E-state index contributed by atoms with van der Waals surface area (Å²) >= 11 is 3.54. The summed E-state index contributed by atoms with van der Waals surface area (Å²) in [6.07, 6.45) is 2.73. The molecule has 1 unspecified atom stereocenters. The number of methoxy groups -OCH3 is 1. The average Bonchev–Trinajstić information content (AvgIpc) is 2.63. The van der Waals surface area contributed by atoms with Gasteiger partial charge in [-0.15, -0.1) is 0 Å². The van der Waals surface area contributed by atoms with Crippen molar-refractivity contribution in [2.75, 3.05) is 13.7 Å². The summed E-state index contributed by atoms with van der Waals surface area (Å²) in [6.45, 7) is 7.94. The number of ether oxygens (including phenoxy) is 1. The van der Waals surface area contributed by atoms with Crippen molar-refractivity contribution in [2.45, 2.75) is 39.8 Å². The highest BCUT2D eigenvalue weighted by atomic mass is 79.9. The third-order valence-electron chi connectivity index (χ3n) is 2.69. The Kier molecular flexibility index (Phi) is 5.78. The molecule has 0 aliphatic heterocycles. The van der Waals surface area contributed by atoms with Gasteiger partial charge in [0.1, 0.15) is 0 Å². The predicted molar refractivity (Wildman–Crippen MR) is 75.9 cm³/mol. The van der Waals surface area contributed by atoms with Crippen LogP contribution in [0.4, 0.5) is 0 Å². The van der Waals surface area contributed by atoms with Crippen molar-refractivity contribution >= 4 is 15.9 Å². The standard InChI is InChI=1S/C12H23BrN4O/c1-12(2,3)7-10(16-14)11-9(13)8-15-17(11)5-6-18-4/h8,10,16H,5-7,14H2,1-4H3. The number of hydrogen-bond acceptors (Lipinski definition) is 4. The van der Waals surface area contributed by atoms with Crippen LogP contribution >= 0.6 is 15.9 Å². The molecule has 1 aromatic rings. The van der Waals surface area contributed by atoms with Gasteiger partial charge in [0.2, 0.25) is 0 Å². The minimum absolute atomic E-state index is 0.0683. The molecule has 3 N–H and O–H groups in total. The van der Waals surface area contributed by atoms with E-state index in [1.165, 1.54) is 0 Å². The van der Waals surface area contributed by atoms with Crippen LogP contribution in [0.15, 0.2) is 10.7 Å². The zero-order valence-corrected chi connectivity index (χ0v) is 13.1. The second kappa shape index (κ2) is 6.65. The van der Waals surface area contributed by atoms with Gasteiger partial charge in [0, 0.05) is 7.11 Å². The second-order valence-electron chi connectivity index (χ2n) is 5.58. The summed E-state index contributed by atoms with van der Waals surface area (Å²) in [5.41, 5.74) is 4.15. The van der Waals surface area contributed by atoms with Gasteiger partial charge in [-0.1, -0.05) is 20.8 Å². The molecule has 1 aromatic heterocycles. The molecule has 0 aliphatic rings. The minimum atomic E-state index is 0.0683. The Balaban J connectivity index is 2.93. The van der Waals surface area contributed by atoms with E-state index in [-0.39, 0.29) is 11.5 Å². The van der Waals surface area contributed by atoms with E-state index >= 15 is 0 Å². The smallest absolute Gasteiger partial charge is 0.0710 e. The van der Waals surface area contributed by atoms with Crippen LogP contribution in [-0.2, 0) is 11.3 Å². The highest BCUT2D eigenvalue weighted by molar-refractivity contribution is 9.10. The lowest BCUT2D eigenvalue weighted by Gasteiger charge is -2.26. The molecule has 0 aliphatic carbocycles. The van der Waals surface area contributed by atoms with Crippen molar-refractivity contribution in [1.29, 1.82) is 0 Å². The van der Waals surface area contributed by atoms with E-state index in [2.05, 4.69) is 47.2 Å². The molecule has 1 atom stereocenters. The van der Waals surface area contributed by atoms with E-state index in [0.717, 1.165) is 23.1 Å². The van der Waals surface area contributed by atoms with Crippen molar-refractivity contribution in [3.05, 3.63) is 16.4 Å². The number of aromatic nitrogens is 2. The van der Waals surface area contributed by atoms with Gasteiger partial charge >= 0.3 is 0 Å². The van der Waals surface area contributed by atoms with Gasteiger partial charge in [-0.05, 0) is 27.8 Å². The molecule has 104 valence electrons. The van der Waals surface area contributed by atoms with Crippen LogP contribution in [-0.4, -0.2) is 23.5 Å². The number of rotatable bonds is 6. The van der Waals surface area contributed by atoms with E-state index in [1.807, 2.05) is 4.68 Å². The number of hydrazine groups is 1. The van der Waals surface area contributed by atoms with Crippen LogP contribution < -0.4 is 11.3 Å². The Hall–Kier alpha value is -0.430. The number of nitrogens with two attached hydrogens (primary N) is 1. The molecule has 6 heteroatoms. The van der Waals surface area contributed by atoms with E-state index in [1.54, 1.807) is 13.3 Å². The SMILES string of the molecule is COCCn1ncc(Br)c1C(CC(C)(C)C)NN. The summed E-state index contributed by atoms with van der Waals surface area (Å²) < 4.78 is 8.01. The fraction of sp³-hybridized carbons (Fsp3) is 0.750. The van der Waals surface area contributed by atoms with Gasteiger partial charge in [0.05, 0.1) is 35.6 Å². The monoisotopic (exact) mass is 318 g/mol. The summed E-state index contributed by atoms with van der Waals surface area (Å²) in [4.78, 5) is 0. The number of nitrogens with one attached hydrogen (secondary N) is 1. The van der Waals surface area contributed by atoms with Crippen molar-refractivity contribution in [1.82, 2.24) is 15.2 Å². The third-order valence-corrected chi connectivity index (χ3v) is 3.30.